The van der Waals surface area contributed by atoms with Crippen LogP contribution in [0.4, 0.5) is 0 Å². The number of para-hydroxylation sites is 1. The summed E-state index contributed by atoms with van der Waals surface area (Å²) in [5.41, 5.74) is 2.37. The van der Waals surface area contributed by atoms with Crippen LogP contribution in [0.3, 0.4) is 0 Å². The summed E-state index contributed by atoms with van der Waals surface area (Å²) >= 11 is 0. The second kappa shape index (κ2) is 5.70. The number of aromatic nitrogens is 1. The van der Waals surface area contributed by atoms with Crippen molar-refractivity contribution < 1.29 is 0 Å². The topological polar surface area (TPSA) is 16.1 Å². The lowest BCUT2D eigenvalue weighted by Gasteiger charge is -2.29. The summed E-state index contributed by atoms with van der Waals surface area (Å²) in [7, 11) is 2.24. The zero-order valence-electron chi connectivity index (χ0n) is 11.7. The molecule has 2 heteroatoms. The Morgan fingerprint density at radius 2 is 2.11 bits per heavy atom. The quantitative estimate of drug-likeness (QED) is 0.833. The van der Waals surface area contributed by atoms with Crippen LogP contribution >= 0.6 is 0 Å². The first kappa shape index (κ1) is 12.6. The molecule has 0 aliphatic carbocycles. The average molecular weight is 254 g/mol. The molecule has 0 amide bonds. The fourth-order valence-corrected chi connectivity index (χ4v) is 3.11. The van der Waals surface area contributed by atoms with Crippen LogP contribution in [0.5, 0.6) is 0 Å². The van der Waals surface area contributed by atoms with Crippen molar-refractivity contribution in [3.63, 3.8) is 0 Å². The van der Waals surface area contributed by atoms with E-state index in [0.29, 0.717) is 0 Å². The highest BCUT2D eigenvalue weighted by Crippen LogP contribution is 2.21. The predicted molar refractivity (Wildman–Crippen MR) is 80.3 cm³/mol. The third-order valence-corrected chi connectivity index (χ3v) is 4.19. The van der Waals surface area contributed by atoms with Gasteiger partial charge in [-0.1, -0.05) is 24.3 Å². The Morgan fingerprint density at radius 3 is 3.00 bits per heavy atom. The van der Waals surface area contributed by atoms with Crippen molar-refractivity contribution in [1.29, 1.82) is 0 Å². The first-order valence-electron chi connectivity index (χ1n) is 7.34. The van der Waals surface area contributed by atoms with E-state index in [9.17, 15) is 0 Å². The van der Waals surface area contributed by atoms with E-state index in [2.05, 4.69) is 48.3 Å². The molecule has 1 unspecified atom stereocenters. The van der Waals surface area contributed by atoms with E-state index in [-0.39, 0.29) is 0 Å². The van der Waals surface area contributed by atoms with E-state index < -0.39 is 0 Å². The Morgan fingerprint density at radius 1 is 1.21 bits per heavy atom. The average Bonchev–Trinajstić information content (AvgIpc) is 2.45. The van der Waals surface area contributed by atoms with Crippen molar-refractivity contribution in [2.24, 2.45) is 5.92 Å². The summed E-state index contributed by atoms with van der Waals surface area (Å²) in [6.45, 7) is 2.53. The fourth-order valence-electron chi connectivity index (χ4n) is 3.11. The lowest BCUT2D eigenvalue weighted by molar-refractivity contribution is 0.202. The molecule has 0 radical (unpaired) electrons. The predicted octanol–water partition coefficient (Wildman–Crippen LogP) is 3.51. The Balaban J connectivity index is 1.64. The van der Waals surface area contributed by atoms with Crippen molar-refractivity contribution >= 4 is 10.9 Å². The number of piperidine rings is 1. The Bertz CT molecular complexity index is 550. The molecule has 0 saturated carbocycles. The number of fused-ring (bicyclic) bond motifs is 1. The van der Waals surface area contributed by atoms with Gasteiger partial charge in [-0.2, -0.15) is 0 Å². The fraction of sp³-hybridized carbons (Fsp3) is 0.471. The molecule has 19 heavy (non-hydrogen) atoms. The van der Waals surface area contributed by atoms with Gasteiger partial charge in [0.15, 0.2) is 0 Å². The molecule has 1 aliphatic heterocycles. The summed E-state index contributed by atoms with van der Waals surface area (Å²) in [6, 6.07) is 12.8. The smallest absolute Gasteiger partial charge is 0.0705 e. The van der Waals surface area contributed by atoms with E-state index in [1.807, 2.05) is 0 Å². The Hall–Kier alpha value is -1.41. The van der Waals surface area contributed by atoms with Crippen molar-refractivity contribution in [3.8, 4) is 0 Å². The molecule has 2 nitrogen and oxygen atoms in total. The molecule has 1 fully saturated rings. The molecule has 1 aliphatic rings. The lowest BCUT2D eigenvalue weighted by Crippen LogP contribution is -2.32. The summed E-state index contributed by atoms with van der Waals surface area (Å²) in [6.07, 6.45) is 5.13. The van der Waals surface area contributed by atoms with E-state index in [1.165, 1.54) is 43.4 Å². The molecule has 0 bridgehead atoms. The maximum absolute atomic E-state index is 4.77. The number of rotatable bonds is 3. The Labute approximate surface area is 115 Å². The van der Waals surface area contributed by atoms with Crippen LogP contribution in [0, 0.1) is 5.92 Å². The monoisotopic (exact) mass is 254 g/mol. The maximum atomic E-state index is 4.77. The minimum Gasteiger partial charge on any atom is -0.306 e. The van der Waals surface area contributed by atoms with Gasteiger partial charge in [0, 0.05) is 17.6 Å². The van der Waals surface area contributed by atoms with Crippen LogP contribution in [0.2, 0.25) is 0 Å². The van der Waals surface area contributed by atoms with Crippen LogP contribution < -0.4 is 0 Å². The van der Waals surface area contributed by atoms with Crippen molar-refractivity contribution in [2.45, 2.75) is 25.7 Å². The summed E-state index contributed by atoms with van der Waals surface area (Å²) in [5, 5.41) is 1.24. The van der Waals surface area contributed by atoms with Gasteiger partial charge in [-0.25, -0.2) is 0 Å². The van der Waals surface area contributed by atoms with Crippen LogP contribution in [0.25, 0.3) is 10.9 Å². The minimum atomic E-state index is 0.854. The third kappa shape index (κ3) is 3.13. The van der Waals surface area contributed by atoms with Gasteiger partial charge in [-0.15, -0.1) is 0 Å². The minimum absolute atomic E-state index is 0.854. The number of pyridine rings is 1. The normalized spacial score (nSPS) is 20.8. The van der Waals surface area contributed by atoms with Crippen LogP contribution in [-0.2, 0) is 6.42 Å². The van der Waals surface area contributed by atoms with E-state index in [0.717, 1.165) is 17.9 Å². The second-order valence-electron chi connectivity index (χ2n) is 5.80. The number of hydrogen-bond donors (Lipinski definition) is 0. The molecule has 1 saturated heterocycles. The number of benzene rings is 1. The largest absolute Gasteiger partial charge is 0.306 e. The van der Waals surface area contributed by atoms with Gasteiger partial charge in [0.05, 0.1) is 5.52 Å². The van der Waals surface area contributed by atoms with Gasteiger partial charge in [-0.05, 0) is 57.3 Å². The molecule has 0 N–H and O–H groups in total. The third-order valence-electron chi connectivity index (χ3n) is 4.19. The molecule has 1 aromatic carbocycles. The molecular formula is C17H22N2. The zero-order chi connectivity index (χ0) is 13.1. The zero-order valence-corrected chi connectivity index (χ0v) is 11.7. The molecule has 100 valence electrons. The molecule has 2 heterocycles. The van der Waals surface area contributed by atoms with E-state index in [1.54, 1.807) is 0 Å². The standard InChI is InChI=1S/C17H22N2/c1-19-12-4-5-14(13-19)8-10-16-11-9-15-6-2-3-7-17(15)18-16/h2-3,6-7,9,11,14H,4-5,8,10,12-13H2,1H3. The summed E-state index contributed by atoms with van der Waals surface area (Å²) in [5.74, 6) is 0.854. The van der Waals surface area contributed by atoms with Crippen molar-refractivity contribution in [2.75, 3.05) is 20.1 Å². The maximum Gasteiger partial charge on any atom is 0.0705 e. The number of hydrogen-bond acceptors (Lipinski definition) is 2. The molecule has 1 atom stereocenters. The number of aryl methyl sites for hydroxylation is 1. The van der Waals surface area contributed by atoms with Gasteiger partial charge < -0.3 is 4.90 Å². The molecule has 2 aromatic rings. The second-order valence-corrected chi connectivity index (χ2v) is 5.80. The highest BCUT2D eigenvalue weighted by atomic mass is 15.1. The SMILES string of the molecule is CN1CCCC(CCc2ccc3ccccc3n2)C1. The lowest BCUT2D eigenvalue weighted by atomic mass is 9.93. The summed E-state index contributed by atoms with van der Waals surface area (Å²) < 4.78 is 0. The highest BCUT2D eigenvalue weighted by Gasteiger charge is 2.16. The summed E-state index contributed by atoms with van der Waals surface area (Å²) in [4.78, 5) is 7.23. The van der Waals surface area contributed by atoms with Crippen LogP contribution in [0.1, 0.15) is 25.0 Å². The highest BCUT2D eigenvalue weighted by molar-refractivity contribution is 5.78. The van der Waals surface area contributed by atoms with Gasteiger partial charge in [0.25, 0.3) is 0 Å². The van der Waals surface area contributed by atoms with Gasteiger partial charge in [0.1, 0.15) is 0 Å². The molecule has 0 spiro atoms. The first-order chi connectivity index (χ1) is 9.31. The Kier molecular flexibility index (Phi) is 3.79. The van der Waals surface area contributed by atoms with Crippen LogP contribution in [-0.4, -0.2) is 30.0 Å². The number of nitrogens with zero attached hydrogens (tertiary/aromatic N) is 2. The van der Waals surface area contributed by atoms with E-state index >= 15 is 0 Å². The van der Waals surface area contributed by atoms with Gasteiger partial charge >= 0.3 is 0 Å². The van der Waals surface area contributed by atoms with Gasteiger partial charge in [0.2, 0.25) is 0 Å². The van der Waals surface area contributed by atoms with Crippen molar-refractivity contribution in [1.82, 2.24) is 9.88 Å². The van der Waals surface area contributed by atoms with E-state index in [4.69, 9.17) is 4.98 Å². The first-order valence-corrected chi connectivity index (χ1v) is 7.34. The molecular weight excluding hydrogens is 232 g/mol. The van der Waals surface area contributed by atoms with Gasteiger partial charge in [-0.3, -0.25) is 4.98 Å². The van der Waals surface area contributed by atoms with Crippen molar-refractivity contribution in [3.05, 3.63) is 42.1 Å². The van der Waals surface area contributed by atoms with Crippen LogP contribution in [0.15, 0.2) is 36.4 Å². The molecule has 1 aromatic heterocycles. The molecule has 3 rings (SSSR count). The number of likely N-dealkylation sites (tertiary alicyclic amines) is 1.